The highest BCUT2D eigenvalue weighted by Crippen LogP contribution is 2.45. The molecule has 0 amide bonds. The number of furan rings is 1. The summed E-state index contributed by atoms with van der Waals surface area (Å²) in [6, 6.07) is 62.0. The Labute approximate surface area is 325 Å². The Morgan fingerprint density at radius 2 is 0.982 bits per heavy atom. The molecule has 0 saturated carbocycles. The van der Waals surface area contributed by atoms with Gasteiger partial charge in [0, 0.05) is 47.6 Å². The van der Waals surface area contributed by atoms with E-state index in [0.29, 0.717) is 17.5 Å². The number of hydrogen-bond acceptors (Lipinski definition) is 5. The predicted molar refractivity (Wildman–Crippen MR) is 234 cm³/mol. The largest absolute Gasteiger partial charge is 0.456 e. The second kappa shape index (κ2) is 12.2. The minimum absolute atomic E-state index is 0.614. The molecule has 4 nitrogen and oxygen atoms in total. The molecule has 260 valence electrons. The van der Waals surface area contributed by atoms with Crippen LogP contribution < -0.4 is 0 Å². The number of hydrogen-bond donors (Lipinski definition) is 0. The summed E-state index contributed by atoms with van der Waals surface area (Å²) < 4.78 is 9.13. The third-order valence-electron chi connectivity index (χ3n) is 11.1. The van der Waals surface area contributed by atoms with Gasteiger partial charge in [0.1, 0.15) is 11.2 Å². The van der Waals surface area contributed by atoms with Crippen molar-refractivity contribution in [1.29, 1.82) is 0 Å². The SMILES string of the molecule is c1ccc(-c2nc(-c3ccc4oc5cc(-c6cccc7ccccc67)c6ccccc6c5c4c3)nc(-c3cccc4sc5ccc6ccccc6c5c34)n2)cc1. The standard InChI is InChI=1S/C51H29N3OS/c1-2-14-32(15-3-1)49-52-50(54-51(53-49)39-22-11-23-44-48(39)47-35-18-7-5-13-31(35)25-27-45(47)56-44)33-24-26-42-41(28-33)46-38-20-9-8-19-37(38)40(29-43(46)55-42)36-21-10-16-30-12-4-6-17-34(30)36/h1-29H. The molecule has 0 N–H and O–H groups in total. The van der Waals surface area contributed by atoms with E-state index in [-0.39, 0.29) is 0 Å². The molecule has 0 radical (unpaired) electrons. The molecule has 12 aromatic rings. The number of aromatic nitrogens is 3. The van der Waals surface area contributed by atoms with Crippen LogP contribution in [0.2, 0.25) is 0 Å². The van der Waals surface area contributed by atoms with Gasteiger partial charge >= 0.3 is 0 Å². The first-order valence-corrected chi connectivity index (χ1v) is 19.6. The van der Waals surface area contributed by atoms with Crippen LogP contribution >= 0.6 is 11.3 Å². The fourth-order valence-corrected chi connectivity index (χ4v) is 9.73. The van der Waals surface area contributed by atoms with Crippen LogP contribution in [-0.2, 0) is 0 Å². The van der Waals surface area contributed by atoms with E-state index in [0.717, 1.165) is 49.6 Å². The lowest BCUT2D eigenvalue weighted by Crippen LogP contribution is -2.00. The first-order chi connectivity index (χ1) is 27.7. The van der Waals surface area contributed by atoms with Crippen molar-refractivity contribution >= 4 is 85.8 Å². The smallest absolute Gasteiger partial charge is 0.164 e. The molecule has 12 rings (SSSR count). The summed E-state index contributed by atoms with van der Waals surface area (Å²) in [4.78, 5) is 15.6. The maximum absolute atomic E-state index is 6.68. The van der Waals surface area contributed by atoms with Gasteiger partial charge in [0.15, 0.2) is 17.5 Å². The van der Waals surface area contributed by atoms with E-state index >= 15 is 0 Å². The molecule has 0 unspecified atom stereocenters. The van der Waals surface area contributed by atoms with E-state index in [1.165, 1.54) is 52.7 Å². The van der Waals surface area contributed by atoms with Crippen molar-refractivity contribution < 1.29 is 4.42 Å². The van der Waals surface area contributed by atoms with Gasteiger partial charge in [-0.25, -0.2) is 15.0 Å². The molecule has 0 aliphatic heterocycles. The molecule has 56 heavy (non-hydrogen) atoms. The fourth-order valence-electron chi connectivity index (χ4n) is 8.58. The van der Waals surface area contributed by atoms with E-state index in [1.807, 2.05) is 29.5 Å². The van der Waals surface area contributed by atoms with Gasteiger partial charge in [-0.1, -0.05) is 140 Å². The van der Waals surface area contributed by atoms with Gasteiger partial charge in [-0.3, -0.25) is 0 Å². The Morgan fingerprint density at radius 3 is 1.84 bits per heavy atom. The van der Waals surface area contributed by atoms with Crippen molar-refractivity contribution in [1.82, 2.24) is 15.0 Å². The summed E-state index contributed by atoms with van der Waals surface area (Å²) in [6.45, 7) is 0. The predicted octanol–water partition coefficient (Wildman–Crippen LogP) is 14.3. The first kappa shape index (κ1) is 31.2. The minimum atomic E-state index is 0.614. The number of rotatable bonds is 4. The van der Waals surface area contributed by atoms with Crippen molar-refractivity contribution in [3.8, 4) is 45.3 Å². The van der Waals surface area contributed by atoms with Crippen LogP contribution in [0, 0.1) is 0 Å². The summed E-state index contributed by atoms with van der Waals surface area (Å²) in [5, 5.41) is 11.7. The van der Waals surface area contributed by atoms with E-state index in [1.54, 1.807) is 0 Å². The molecular weight excluding hydrogens is 703 g/mol. The summed E-state index contributed by atoms with van der Waals surface area (Å²) in [7, 11) is 0. The Balaban J connectivity index is 1.10. The van der Waals surface area contributed by atoms with E-state index in [4.69, 9.17) is 19.4 Å². The molecular formula is C51H29N3OS. The summed E-state index contributed by atoms with van der Waals surface area (Å²) in [5.74, 6) is 1.90. The van der Waals surface area contributed by atoms with Crippen molar-refractivity contribution in [2.75, 3.05) is 0 Å². The maximum atomic E-state index is 6.68. The Bertz CT molecular complexity index is 3540. The monoisotopic (exact) mass is 731 g/mol. The zero-order valence-corrected chi connectivity index (χ0v) is 30.7. The average molecular weight is 732 g/mol. The van der Waals surface area contributed by atoms with Gasteiger partial charge in [-0.05, 0) is 79.8 Å². The van der Waals surface area contributed by atoms with Crippen LogP contribution in [0.1, 0.15) is 0 Å². The molecule has 5 heteroatoms. The average Bonchev–Trinajstić information content (AvgIpc) is 3.85. The maximum Gasteiger partial charge on any atom is 0.164 e. The minimum Gasteiger partial charge on any atom is -0.456 e. The number of fused-ring (bicyclic) bond motifs is 11. The van der Waals surface area contributed by atoms with Gasteiger partial charge < -0.3 is 4.42 Å². The molecule has 9 aromatic carbocycles. The lowest BCUT2D eigenvalue weighted by Gasteiger charge is -2.11. The highest BCUT2D eigenvalue weighted by atomic mass is 32.1. The van der Waals surface area contributed by atoms with E-state index in [2.05, 4.69) is 158 Å². The lowest BCUT2D eigenvalue weighted by atomic mass is 9.92. The zero-order valence-electron chi connectivity index (χ0n) is 29.9. The van der Waals surface area contributed by atoms with Crippen LogP contribution in [0.5, 0.6) is 0 Å². The number of benzene rings is 9. The number of nitrogens with zero attached hydrogens (tertiary/aromatic N) is 3. The third-order valence-corrected chi connectivity index (χ3v) is 12.2. The van der Waals surface area contributed by atoms with Crippen molar-refractivity contribution in [2.45, 2.75) is 0 Å². The molecule has 3 aromatic heterocycles. The van der Waals surface area contributed by atoms with Crippen LogP contribution in [0.25, 0.3) is 120 Å². The topological polar surface area (TPSA) is 51.8 Å². The van der Waals surface area contributed by atoms with Gasteiger partial charge in [-0.2, -0.15) is 0 Å². The second-order valence-electron chi connectivity index (χ2n) is 14.3. The molecule has 3 heterocycles. The third kappa shape index (κ3) is 4.75. The van der Waals surface area contributed by atoms with E-state index in [9.17, 15) is 0 Å². The summed E-state index contributed by atoms with van der Waals surface area (Å²) >= 11 is 1.81. The van der Waals surface area contributed by atoms with Gasteiger partial charge in [0.25, 0.3) is 0 Å². The van der Waals surface area contributed by atoms with Crippen molar-refractivity contribution in [3.63, 3.8) is 0 Å². The molecule has 0 fully saturated rings. The molecule has 0 aliphatic rings. The highest BCUT2D eigenvalue weighted by Gasteiger charge is 2.20. The van der Waals surface area contributed by atoms with Crippen molar-refractivity contribution in [3.05, 3.63) is 176 Å². The van der Waals surface area contributed by atoms with Crippen LogP contribution in [0.3, 0.4) is 0 Å². The summed E-state index contributed by atoms with van der Waals surface area (Å²) in [6.07, 6.45) is 0. The second-order valence-corrected chi connectivity index (χ2v) is 15.4. The lowest BCUT2D eigenvalue weighted by molar-refractivity contribution is 0.669. The van der Waals surface area contributed by atoms with Gasteiger partial charge in [0.2, 0.25) is 0 Å². The first-order valence-electron chi connectivity index (χ1n) is 18.8. The summed E-state index contributed by atoms with van der Waals surface area (Å²) in [5.41, 5.74) is 6.85. The number of thiophene rings is 1. The van der Waals surface area contributed by atoms with Crippen LogP contribution in [0.15, 0.2) is 180 Å². The van der Waals surface area contributed by atoms with Crippen LogP contribution in [0.4, 0.5) is 0 Å². The highest BCUT2D eigenvalue weighted by molar-refractivity contribution is 7.26. The van der Waals surface area contributed by atoms with Crippen molar-refractivity contribution in [2.24, 2.45) is 0 Å². The molecule has 0 atom stereocenters. The quantitative estimate of drug-likeness (QED) is 0.181. The molecule has 0 spiro atoms. The normalized spacial score (nSPS) is 11.9. The molecule has 0 saturated heterocycles. The Morgan fingerprint density at radius 1 is 0.339 bits per heavy atom. The van der Waals surface area contributed by atoms with Crippen LogP contribution in [-0.4, -0.2) is 15.0 Å². The van der Waals surface area contributed by atoms with E-state index < -0.39 is 0 Å². The van der Waals surface area contributed by atoms with Gasteiger partial charge in [0.05, 0.1) is 0 Å². The fraction of sp³-hybridized carbons (Fsp3) is 0. The van der Waals surface area contributed by atoms with Gasteiger partial charge in [-0.15, -0.1) is 11.3 Å². The zero-order chi connectivity index (χ0) is 36.7. The Hall–Kier alpha value is -7.21. The molecule has 0 aliphatic carbocycles. The Kier molecular flexibility index (Phi) is 6.76. The molecule has 0 bridgehead atoms.